The van der Waals surface area contributed by atoms with Crippen molar-refractivity contribution in [2.75, 3.05) is 11.0 Å². The van der Waals surface area contributed by atoms with E-state index in [1.54, 1.807) is 18.2 Å². The summed E-state index contributed by atoms with van der Waals surface area (Å²) in [5, 5.41) is 0. The molecule has 0 saturated heterocycles. The molecule has 17 heavy (non-hydrogen) atoms. The number of sulfonamides is 1. The third-order valence-electron chi connectivity index (χ3n) is 2.19. The molecule has 0 aliphatic rings. The normalized spacial score (nSPS) is 11.4. The van der Waals surface area contributed by atoms with Crippen LogP contribution < -0.4 is 4.72 Å². The van der Waals surface area contributed by atoms with Gasteiger partial charge >= 0.3 is 0 Å². The van der Waals surface area contributed by atoms with Crippen molar-refractivity contribution < 1.29 is 12.8 Å². The van der Waals surface area contributed by atoms with Gasteiger partial charge in [0, 0.05) is 11.3 Å². The molecule has 0 aliphatic carbocycles. The fraction of sp³-hybridized carbons (Fsp3) is 0.167. The quantitative estimate of drug-likeness (QED) is 0.912. The van der Waals surface area contributed by atoms with Gasteiger partial charge in [0.15, 0.2) is 0 Å². The van der Waals surface area contributed by atoms with Crippen LogP contribution in [0.2, 0.25) is 0 Å². The molecule has 0 bridgehead atoms. The maximum Gasteiger partial charge on any atom is 0.229 e. The van der Waals surface area contributed by atoms with Crippen molar-refractivity contribution in [3.8, 4) is 11.3 Å². The highest BCUT2D eigenvalue weighted by atomic mass is 32.2. The van der Waals surface area contributed by atoms with Crippen LogP contribution in [0.3, 0.4) is 0 Å². The summed E-state index contributed by atoms with van der Waals surface area (Å²) in [5.41, 5.74) is 1.37. The first kappa shape index (κ1) is 11.7. The Morgan fingerprint density at radius 2 is 1.94 bits per heavy atom. The Morgan fingerprint density at radius 1 is 1.18 bits per heavy atom. The van der Waals surface area contributed by atoms with Gasteiger partial charge in [0.1, 0.15) is 11.5 Å². The summed E-state index contributed by atoms with van der Waals surface area (Å²) >= 11 is 0. The zero-order valence-electron chi connectivity index (χ0n) is 9.60. The van der Waals surface area contributed by atoms with Gasteiger partial charge in [-0.2, -0.15) is 0 Å². The topological polar surface area (TPSA) is 59.3 Å². The number of rotatable bonds is 3. The summed E-state index contributed by atoms with van der Waals surface area (Å²) in [6.07, 6.45) is 1.12. The first-order chi connectivity index (χ1) is 7.94. The van der Waals surface area contributed by atoms with Gasteiger partial charge in [-0.15, -0.1) is 0 Å². The average molecular weight is 251 g/mol. The van der Waals surface area contributed by atoms with E-state index in [1.165, 1.54) is 0 Å². The van der Waals surface area contributed by atoms with Gasteiger partial charge in [0.25, 0.3) is 0 Å². The van der Waals surface area contributed by atoms with Gasteiger partial charge in [-0.3, -0.25) is 4.72 Å². The SMILES string of the molecule is Cc1ccc(-c2cccc(NS(C)(=O)=O)c2)o1. The number of aryl methyl sites for hydroxylation is 1. The van der Waals surface area contributed by atoms with E-state index in [9.17, 15) is 8.42 Å². The van der Waals surface area contributed by atoms with Gasteiger partial charge in [-0.05, 0) is 31.2 Å². The Kier molecular flexibility index (Phi) is 2.93. The monoisotopic (exact) mass is 251 g/mol. The van der Waals surface area contributed by atoms with E-state index < -0.39 is 10.0 Å². The summed E-state index contributed by atoms with van der Waals surface area (Å²) < 4.78 is 30.1. The van der Waals surface area contributed by atoms with E-state index in [2.05, 4.69) is 4.72 Å². The number of furan rings is 1. The fourth-order valence-electron chi connectivity index (χ4n) is 1.54. The first-order valence-electron chi connectivity index (χ1n) is 5.09. The molecule has 4 nitrogen and oxygen atoms in total. The van der Waals surface area contributed by atoms with Crippen molar-refractivity contribution in [3.63, 3.8) is 0 Å². The molecule has 0 aliphatic heterocycles. The summed E-state index contributed by atoms with van der Waals surface area (Å²) in [6, 6.07) is 10.8. The fourth-order valence-corrected chi connectivity index (χ4v) is 2.09. The minimum Gasteiger partial charge on any atom is -0.461 e. The van der Waals surface area contributed by atoms with Crippen LogP contribution in [0, 0.1) is 6.92 Å². The van der Waals surface area contributed by atoms with Crippen molar-refractivity contribution in [3.05, 3.63) is 42.2 Å². The number of anilines is 1. The molecule has 0 atom stereocenters. The van der Waals surface area contributed by atoms with Crippen LogP contribution in [-0.2, 0) is 10.0 Å². The van der Waals surface area contributed by atoms with Crippen LogP contribution in [0.4, 0.5) is 5.69 Å². The summed E-state index contributed by atoms with van der Waals surface area (Å²) in [6.45, 7) is 1.86. The van der Waals surface area contributed by atoms with Crippen LogP contribution >= 0.6 is 0 Å². The number of hydrogen-bond donors (Lipinski definition) is 1. The molecule has 5 heteroatoms. The highest BCUT2D eigenvalue weighted by molar-refractivity contribution is 7.92. The number of benzene rings is 1. The molecule has 0 amide bonds. The molecule has 90 valence electrons. The van der Waals surface area contributed by atoms with Gasteiger partial charge in [-0.25, -0.2) is 8.42 Å². The lowest BCUT2D eigenvalue weighted by Gasteiger charge is -2.05. The molecule has 1 heterocycles. The highest BCUT2D eigenvalue weighted by Gasteiger charge is 2.06. The number of nitrogens with one attached hydrogen (secondary N) is 1. The molecule has 0 saturated carbocycles. The standard InChI is InChI=1S/C12H13NO3S/c1-9-6-7-12(16-9)10-4-3-5-11(8-10)13-17(2,14)15/h3-8,13H,1-2H3. The molecule has 1 aromatic carbocycles. The highest BCUT2D eigenvalue weighted by Crippen LogP contribution is 2.24. The maximum absolute atomic E-state index is 11.1. The molecular formula is C12H13NO3S. The Bertz CT molecular complexity index is 629. The van der Waals surface area contributed by atoms with E-state index in [1.807, 2.05) is 25.1 Å². The second-order valence-electron chi connectivity index (χ2n) is 3.87. The van der Waals surface area contributed by atoms with Gasteiger partial charge in [-0.1, -0.05) is 12.1 Å². The van der Waals surface area contributed by atoms with Crippen LogP contribution in [0.5, 0.6) is 0 Å². The lowest BCUT2D eigenvalue weighted by Crippen LogP contribution is -2.09. The van der Waals surface area contributed by atoms with Crippen LogP contribution in [-0.4, -0.2) is 14.7 Å². The molecule has 2 rings (SSSR count). The minimum absolute atomic E-state index is 0.527. The van der Waals surface area contributed by atoms with Gasteiger partial charge in [0.05, 0.1) is 6.26 Å². The Morgan fingerprint density at radius 3 is 2.53 bits per heavy atom. The predicted octanol–water partition coefficient (Wildman–Crippen LogP) is 2.63. The zero-order chi connectivity index (χ0) is 12.5. The van der Waals surface area contributed by atoms with E-state index in [4.69, 9.17) is 4.42 Å². The Balaban J connectivity index is 2.35. The molecule has 0 unspecified atom stereocenters. The third kappa shape index (κ3) is 3.10. The minimum atomic E-state index is -3.25. The Hall–Kier alpha value is -1.75. The summed E-state index contributed by atoms with van der Waals surface area (Å²) in [4.78, 5) is 0. The van der Waals surface area contributed by atoms with E-state index >= 15 is 0 Å². The molecule has 0 fully saturated rings. The molecular weight excluding hydrogens is 238 g/mol. The number of hydrogen-bond acceptors (Lipinski definition) is 3. The van der Waals surface area contributed by atoms with Gasteiger partial charge in [0.2, 0.25) is 10.0 Å². The smallest absolute Gasteiger partial charge is 0.229 e. The third-order valence-corrected chi connectivity index (χ3v) is 2.80. The van der Waals surface area contributed by atoms with Crippen molar-refractivity contribution in [2.24, 2.45) is 0 Å². The second-order valence-corrected chi connectivity index (χ2v) is 5.61. The van der Waals surface area contributed by atoms with E-state index in [0.29, 0.717) is 5.69 Å². The molecule has 2 aromatic rings. The second kappa shape index (κ2) is 4.25. The first-order valence-corrected chi connectivity index (χ1v) is 6.98. The Labute approximate surface area is 100 Å². The van der Waals surface area contributed by atoms with Crippen molar-refractivity contribution in [1.82, 2.24) is 0 Å². The van der Waals surface area contributed by atoms with Crippen LogP contribution in [0.15, 0.2) is 40.8 Å². The van der Waals surface area contributed by atoms with Crippen molar-refractivity contribution >= 4 is 15.7 Å². The largest absolute Gasteiger partial charge is 0.461 e. The van der Waals surface area contributed by atoms with E-state index in [0.717, 1.165) is 23.3 Å². The van der Waals surface area contributed by atoms with Crippen LogP contribution in [0.1, 0.15) is 5.76 Å². The van der Waals surface area contributed by atoms with Crippen LogP contribution in [0.25, 0.3) is 11.3 Å². The zero-order valence-corrected chi connectivity index (χ0v) is 10.4. The van der Waals surface area contributed by atoms with Crippen molar-refractivity contribution in [1.29, 1.82) is 0 Å². The van der Waals surface area contributed by atoms with Crippen molar-refractivity contribution in [2.45, 2.75) is 6.92 Å². The summed E-state index contributed by atoms with van der Waals surface area (Å²) in [7, 11) is -3.25. The molecule has 0 spiro atoms. The lowest BCUT2D eigenvalue weighted by atomic mass is 10.1. The van der Waals surface area contributed by atoms with Gasteiger partial charge < -0.3 is 4.42 Å². The maximum atomic E-state index is 11.1. The summed E-state index contributed by atoms with van der Waals surface area (Å²) in [5.74, 6) is 1.54. The van der Waals surface area contributed by atoms with E-state index in [-0.39, 0.29) is 0 Å². The molecule has 0 radical (unpaired) electrons. The lowest BCUT2D eigenvalue weighted by molar-refractivity contribution is 0.548. The molecule has 1 aromatic heterocycles. The predicted molar refractivity (Wildman–Crippen MR) is 67.3 cm³/mol. The average Bonchev–Trinajstić information content (AvgIpc) is 2.63. The molecule has 1 N–H and O–H groups in total.